The number of methoxy groups -OCH3 is 1. The van der Waals surface area contributed by atoms with Crippen molar-refractivity contribution in [3.63, 3.8) is 0 Å². The Balaban J connectivity index is 1.91. The van der Waals surface area contributed by atoms with Crippen LogP contribution in [0.15, 0.2) is 41.3 Å². The van der Waals surface area contributed by atoms with Crippen molar-refractivity contribution in [2.45, 2.75) is 30.7 Å². The van der Waals surface area contributed by atoms with Crippen LogP contribution < -0.4 is 14.8 Å². The fraction of sp³-hybridized carbons (Fsp3) is 0.333. The molecule has 1 aliphatic rings. The zero-order valence-corrected chi connectivity index (χ0v) is 18.2. The molecular formula is C21H25N3O5S. The number of nitrogens with one attached hydrogen (secondary N) is 2. The molecule has 2 amide bonds. The van der Waals surface area contributed by atoms with Gasteiger partial charge < -0.3 is 15.0 Å². The van der Waals surface area contributed by atoms with Gasteiger partial charge in [-0.25, -0.2) is 13.1 Å². The molecule has 1 saturated carbocycles. The third kappa shape index (κ3) is 4.80. The summed E-state index contributed by atoms with van der Waals surface area (Å²) < 4.78 is 32.9. The number of benzene rings is 2. The van der Waals surface area contributed by atoms with E-state index in [2.05, 4.69) is 10.0 Å². The van der Waals surface area contributed by atoms with Crippen LogP contribution in [0.4, 0.5) is 5.69 Å². The number of sulfonamides is 1. The molecule has 160 valence electrons. The number of carbonyl (C=O) groups is 2. The highest BCUT2D eigenvalue weighted by atomic mass is 32.2. The molecule has 9 heteroatoms. The van der Waals surface area contributed by atoms with Crippen molar-refractivity contribution in [1.29, 1.82) is 0 Å². The normalized spacial score (nSPS) is 13.6. The van der Waals surface area contributed by atoms with Crippen LogP contribution in [0.25, 0.3) is 0 Å². The maximum absolute atomic E-state index is 13.0. The largest absolute Gasteiger partial charge is 0.495 e. The molecule has 3 rings (SSSR count). The Hall–Kier alpha value is -2.91. The summed E-state index contributed by atoms with van der Waals surface area (Å²) in [6.07, 6.45) is 1.64. The minimum absolute atomic E-state index is 0.0326. The monoisotopic (exact) mass is 431 g/mol. The molecule has 1 fully saturated rings. The average molecular weight is 432 g/mol. The maximum Gasteiger partial charge on any atom is 0.256 e. The summed E-state index contributed by atoms with van der Waals surface area (Å²) in [5.74, 6) is -0.331. The van der Waals surface area contributed by atoms with Crippen LogP contribution in [0, 0.1) is 6.92 Å². The van der Waals surface area contributed by atoms with Gasteiger partial charge in [-0.3, -0.25) is 9.59 Å². The van der Waals surface area contributed by atoms with E-state index in [1.165, 1.54) is 30.2 Å². The van der Waals surface area contributed by atoms with Gasteiger partial charge >= 0.3 is 0 Å². The first-order valence-electron chi connectivity index (χ1n) is 9.46. The van der Waals surface area contributed by atoms with Crippen molar-refractivity contribution in [1.82, 2.24) is 9.62 Å². The van der Waals surface area contributed by atoms with E-state index in [9.17, 15) is 18.0 Å². The van der Waals surface area contributed by atoms with Gasteiger partial charge in [0.2, 0.25) is 10.0 Å². The zero-order valence-electron chi connectivity index (χ0n) is 17.4. The molecule has 0 atom stereocenters. The van der Waals surface area contributed by atoms with Crippen molar-refractivity contribution in [2.24, 2.45) is 0 Å². The van der Waals surface area contributed by atoms with Crippen molar-refractivity contribution in [3.05, 3.63) is 53.1 Å². The third-order valence-electron chi connectivity index (χ3n) is 4.76. The number of hydrogen-bond acceptors (Lipinski definition) is 5. The van der Waals surface area contributed by atoms with Crippen LogP contribution in [0.5, 0.6) is 5.75 Å². The fourth-order valence-electron chi connectivity index (χ4n) is 2.89. The third-order valence-corrected chi connectivity index (χ3v) is 6.28. The molecule has 0 spiro atoms. The number of aryl methyl sites for hydroxylation is 1. The maximum atomic E-state index is 13.0. The Morgan fingerprint density at radius 3 is 2.40 bits per heavy atom. The van der Waals surface area contributed by atoms with E-state index in [1.807, 2.05) is 0 Å². The second-order valence-electron chi connectivity index (χ2n) is 7.44. The molecule has 0 unspecified atom stereocenters. The van der Waals surface area contributed by atoms with E-state index < -0.39 is 15.9 Å². The highest BCUT2D eigenvalue weighted by Crippen LogP contribution is 2.28. The van der Waals surface area contributed by atoms with Gasteiger partial charge in [0.1, 0.15) is 5.75 Å². The Kier molecular flexibility index (Phi) is 6.14. The van der Waals surface area contributed by atoms with Crippen molar-refractivity contribution in [2.75, 3.05) is 26.5 Å². The summed E-state index contributed by atoms with van der Waals surface area (Å²) in [7, 11) is 1.04. The number of anilines is 1. The second-order valence-corrected chi connectivity index (χ2v) is 9.16. The summed E-state index contributed by atoms with van der Waals surface area (Å²) >= 11 is 0. The first kappa shape index (κ1) is 21.8. The summed E-state index contributed by atoms with van der Waals surface area (Å²) in [4.78, 5) is 26.7. The number of ether oxygens (including phenoxy) is 1. The van der Waals surface area contributed by atoms with E-state index in [1.54, 1.807) is 39.2 Å². The van der Waals surface area contributed by atoms with E-state index >= 15 is 0 Å². The van der Waals surface area contributed by atoms with Gasteiger partial charge in [0, 0.05) is 31.3 Å². The van der Waals surface area contributed by atoms with E-state index in [4.69, 9.17) is 4.74 Å². The Morgan fingerprint density at radius 2 is 1.80 bits per heavy atom. The minimum Gasteiger partial charge on any atom is -0.495 e. The molecule has 8 nitrogen and oxygen atoms in total. The van der Waals surface area contributed by atoms with Crippen LogP contribution in [-0.2, 0) is 10.0 Å². The Morgan fingerprint density at radius 1 is 1.10 bits per heavy atom. The lowest BCUT2D eigenvalue weighted by molar-refractivity contribution is 0.0827. The molecule has 0 aliphatic heterocycles. The molecule has 1 aliphatic carbocycles. The predicted octanol–water partition coefficient (Wildman–Crippen LogP) is 2.40. The molecular weight excluding hydrogens is 406 g/mol. The van der Waals surface area contributed by atoms with Gasteiger partial charge in [-0.05, 0) is 55.7 Å². The topological polar surface area (TPSA) is 105 Å². The van der Waals surface area contributed by atoms with E-state index in [0.717, 1.165) is 12.8 Å². The molecule has 0 bridgehead atoms. The first-order chi connectivity index (χ1) is 14.1. The molecule has 2 N–H and O–H groups in total. The van der Waals surface area contributed by atoms with E-state index in [0.29, 0.717) is 22.6 Å². The van der Waals surface area contributed by atoms with Gasteiger partial charge in [0.25, 0.3) is 11.8 Å². The molecule has 0 aromatic heterocycles. The van der Waals surface area contributed by atoms with Gasteiger partial charge in [-0.2, -0.15) is 0 Å². The van der Waals surface area contributed by atoms with Gasteiger partial charge in [0.05, 0.1) is 17.7 Å². The van der Waals surface area contributed by atoms with Gasteiger partial charge in [-0.15, -0.1) is 0 Å². The Labute approximate surface area is 176 Å². The lowest BCUT2D eigenvalue weighted by atomic mass is 10.1. The number of carbonyl (C=O) groups excluding carboxylic acids is 2. The van der Waals surface area contributed by atoms with Crippen LogP contribution in [0.3, 0.4) is 0 Å². The molecule has 2 aromatic carbocycles. The SMILES string of the molecule is COc1ccc(C(=O)N(C)C)cc1NC(=O)c1cc(S(=O)(=O)NC2CC2)ccc1C. The summed E-state index contributed by atoms with van der Waals surface area (Å²) in [5.41, 5.74) is 1.55. The van der Waals surface area contributed by atoms with Crippen molar-refractivity contribution < 1.29 is 22.7 Å². The summed E-state index contributed by atoms with van der Waals surface area (Å²) in [6.45, 7) is 1.73. The quantitative estimate of drug-likeness (QED) is 0.700. The number of hydrogen-bond donors (Lipinski definition) is 2. The highest BCUT2D eigenvalue weighted by molar-refractivity contribution is 7.89. The molecule has 0 radical (unpaired) electrons. The molecule has 2 aromatic rings. The van der Waals surface area contributed by atoms with Crippen molar-refractivity contribution >= 4 is 27.5 Å². The standard InChI is InChI=1S/C21H25N3O5S/c1-13-5-9-16(30(27,28)23-15-7-8-15)12-17(13)20(25)22-18-11-14(21(26)24(2)3)6-10-19(18)29-4/h5-6,9-12,15,23H,7-8H2,1-4H3,(H,22,25). The summed E-state index contributed by atoms with van der Waals surface area (Å²) in [5, 5.41) is 2.73. The van der Waals surface area contributed by atoms with Crippen LogP contribution in [0.2, 0.25) is 0 Å². The number of rotatable bonds is 7. The number of amides is 2. The first-order valence-corrected chi connectivity index (χ1v) is 10.9. The Bertz CT molecular complexity index is 1090. The lowest BCUT2D eigenvalue weighted by Crippen LogP contribution is -2.26. The van der Waals surface area contributed by atoms with Gasteiger partial charge in [-0.1, -0.05) is 6.07 Å². The number of nitrogens with zero attached hydrogens (tertiary/aromatic N) is 1. The molecule has 0 saturated heterocycles. The smallest absolute Gasteiger partial charge is 0.256 e. The van der Waals surface area contributed by atoms with Crippen LogP contribution >= 0.6 is 0 Å². The van der Waals surface area contributed by atoms with Gasteiger partial charge in [0.15, 0.2) is 0 Å². The van der Waals surface area contributed by atoms with E-state index in [-0.39, 0.29) is 22.4 Å². The predicted molar refractivity (Wildman–Crippen MR) is 113 cm³/mol. The minimum atomic E-state index is -3.69. The summed E-state index contributed by atoms with van der Waals surface area (Å²) in [6, 6.07) is 9.14. The second kappa shape index (κ2) is 8.45. The molecule has 30 heavy (non-hydrogen) atoms. The molecule has 0 heterocycles. The highest BCUT2D eigenvalue weighted by Gasteiger charge is 2.28. The van der Waals surface area contributed by atoms with Crippen LogP contribution in [-0.4, -0.2) is 52.4 Å². The zero-order chi connectivity index (χ0) is 22.1. The lowest BCUT2D eigenvalue weighted by Gasteiger charge is -2.15. The van der Waals surface area contributed by atoms with Crippen LogP contribution in [0.1, 0.15) is 39.1 Å². The average Bonchev–Trinajstić information content (AvgIpc) is 3.50. The van der Waals surface area contributed by atoms with Crippen molar-refractivity contribution in [3.8, 4) is 5.75 Å². The fourth-order valence-corrected chi connectivity index (χ4v) is 4.22.